The molecule has 2 rings (SSSR count). The molecule has 0 aromatic heterocycles. The van der Waals surface area contributed by atoms with Crippen molar-refractivity contribution in [2.75, 3.05) is 7.11 Å². The fourth-order valence-corrected chi connectivity index (χ4v) is 1.81. The second-order valence-electron chi connectivity index (χ2n) is 3.60. The summed E-state index contributed by atoms with van der Waals surface area (Å²) in [6.07, 6.45) is 0. The molecule has 0 aliphatic heterocycles. The SMILES string of the molecule is COc1ccccc1Oc1cccc(Cl)c1[N+](=O)[O-]. The first-order valence-corrected chi connectivity index (χ1v) is 5.75. The van der Waals surface area contributed by atoms with Crippen LogP contribution in [0.25, 0.3) is 0 Å². The molecule has 0 amide bonds. The van der Waals surface area contributed by atoms with Crippen molar-refractivity contribution in [1.82, 2.24) is 0 Å². The van der Waals surface area contributed by atoms with Crippen LogP contribution in [0.4, 0.5) is 5.69 Å². The summed E-state index contributed by atoms with van der Waals surface area (Å²) >= 11 is 5.81. The number of nitro benzene ring substituents is 1. The molecule has 0 N–H and O–H groups in total. The van der Waals surface area contributed by atoms with E-state index in [1.165, 1.54) is 19.2 Å². The van der Waals surface area contributed by atoms with Crippen molar-refractivity contribution in [1.29, 1.82) is 0 Å². The molecule has 5 nitrogen and oxygen atoms in total. The van der Waals surface area contributed by atoms with E-state index in [-0.39, 0.29) is 16.5 Å². The van der Waals surface area contributed by atoms with E-state index in [2.05, 4.69) is 0 Å². The summed E-state index contributed by atoms with van der Waals surface area (Å²) in [5, 5.41) is 11.0. The maximum absolute atomic E-state index is 11.0. The molecule has 0 aliphatic carbocycles. The molecule has 0 unspecified atom stereocenters. The second kappa shape index (κ2) is 5.58. The van der Waals surface area contributed by atoms with Crippen LogP contribution in [0.2, 0.25) is 5.02 Å². The van der Waals surface area contributed by atoms with E-state index >= 15 is 0 Å². The molecule has 19 heavy (non-hydrogen) atoms. The number of nitrogens with zero attached hydrogens (tertiary/aromatic N) is 1. The second-order valence-corrected chi connectivity index (χ2v) is 4.00. The van der Waals surface area contributed by atoms with Crippen molar-refractivity contribution in [3.8, 4) is 17.2 Å². The number of nitro groups is 1. The maximum atomic E-state index is 11.0. The van der Waals surface area contributed by atoms with Gasteiger partial charge in [-0.25, -0.2) is 0 Å². The van der Waals surface area contributed by atoms with Gasteiger partial charge in [-0.05, 0) is 24.3 Å². The van der Waals surface area contributed by atoms with Crippen LogP contribution in [0.15, 0.2) is 42.5 Å². The lowest BCUT2D eigenvalue weighted by Crippen LogP contribution is -1.95. The van der Waals surface area contributed by atoms with Gasteiger partial charge in [-0.15, -0.1) is 0 Å². The van der Waals surface area contributed by atoms with Crippen LogP contribution in [0.3, 0.4) is 0 Å². The van der Waals surface area contributed by atoms with Gasteiger partial charge in [0.1, 0.15) is 5.02 Å². The van der Waals surface area contributed by atoms with Crippen LogP contribution >= 0.6 is 11.6 Å². The van der Waals surface area contributed by atoms with Crippen molar-refractivity contribution in [3.63, 3.8) is 0 Å². The zero-order chi connectivity index (χ0) is 13.8. The average molecular weight is 280 g/mol. The normalized spacial score (nSPS) is 10.0. The van der Waals surface area contributed by atoms with Gasteiger partial charge in [-0.3, -0.25) is 10.1 Å². The topological polar surface area (TPSA) is 61.6 Å². The van der Waals surface area contributed by atoms with Gasteiger partial charge in [0.2, 0.25) is 5.75 Å². The number of hydrogen-bond donors (Lipinski definition) is 0. The third kappa shape index (κ3) is 2.77. The predicted molar refractivity (Wildman–Crippen MR) is 71.2 cm³/mol. The summed E-state index contributed by atoms with van der Waals surface area (Å²) in [6, 6.07) is 11.4. The summed E-state index contributed by atoms with van der Waals surface area (Å²) in [5.74, 6) is 0.939. The fraction of sp³-hybridized carbons (Fsp3) is 0.0769. The van der Waals surface area contributed by atoms with Crippen molar-refractivity contribution in [2.24, 2.45) is 0 Å². The van der Waals surface area contributed by atoms with Crippen molar-refractivity contribution in [2.45, 2.75) is 0 Å². The smallest absolute Gasteiger partial charge is 0.329 e. The Balaban J connectivity index is 2.44. The Morgan fingerprint density at radius 1 is 1.05 bits per heavy atom. The highest BCUT2D eigenvalue weighted by molar-refractivity contribution is 6.32. The molecule has 98 valence electrons. The Bertz CT molecular complexity index is 615. The van der Waals surface area contributed by atoms with Gasteiger partial charge in [0.05, 0.1) is 12.0 Å². The molecule has 0 atom stereocenters. The van der Waals surface area contributed by atoms with Crippen LogP contribution in [-0.2, 0) is 0 Å². The molecule has 0 heterocycles. The Labute approximate surface area is 114 Å². The van der Waals surface area contributed by atoms with Crippen molar-refractivity contribution < 1.29 is 14.4 Å². The third-order valence-corrected chi connectivity index (χ3v) is 2.73. The van der Waals surface area contributed by atoms with Crippen molar-refractivity contribution in [3.05, 3.63) is 57.6 Å². The van der Waals surface area contributed by atoms with Crippen LogP contribution < -0.4 is 9.47 Å². The number of rotatable bonds is 4. The lowest BCUT2D eigenvalue weighted by atomic mass is 10.3. The first-order valence-electron chi connectivity index (χ1n) is 5.37. The number of halogens is 1. The highest BCUT2D eigenvalue weighted by Crippen LogP contribution is 2.39. The van der Waals surface area contributed by atoms with Gasteiger partial charge in [0, 0.05) is 0 Å². The number of benzene rings is 2. The Hall–Kier alpha value is -2.27. The summed E-state index contributed by atoms with van der Waals surface area (Å²) in [6.45, 7) is 0. The minimum absolute atomic E-state index is 0.0254. The van der Waals surface area contributed by atoms with E-state index in [0.717, 1.165) is 0 Å². The summed E-state index contributed by atoms with van der Waals surface area (Å²) in [5.41, 5.74) is -0.268. The largest absolute Gasteiger partial charge is 0.493 e. The van der Waals surface area contributed by atoms with E-state index in [0.29, 0.717) is 11.5 Å². The van der Waals surface area contributed by atoms with E-state index in [1.807, 2.05) is 0 Å². The molecule has 6 heteroatoms. The van der Waals surface area contributed by atoms with E-state index in [1.54, 1.807) is 30.3 Å². The summed E-state index contributed by atoms with van der Waals surface area (Å²) < 4.78 is 10.6. The highest BCUT2D eigenvalue weighted by atomic mass is 35.5. The summed E-state index contributed by atoms with van der Waals surface area (Å²) in [4.78, 5) is 10.4. The van der Waals surface area contributed by atoms with Gasteiger partial charge in [-0.1, -0.05) is 29.8 Å². The predicted octanol–water partition coefficient (Wildman–Crippen LogP) is 4.05. The van der Waals surface area contributed by atoms with Gasteiger partial charge in [-0.2, -0.15) is 0 Å². The minimum atomic E-state index is -0.576. The molecule has 0 aliphatic rings. The van der Waals surface area contributed by atoms with Crippen LogP contribution in [0.1, 0.15) is 0 Å². The quantitative estimate of drug-likeness (QED) is 0.626. The zero-order valence-corrected chi connectivity index (χ0v) is 10.8. The number of ether oxygens (including phenoxy) is 2. The van der Waals surface area contributed by atoms with Gasteiger partial charge < -0.3 is 9.47 Å². The van der Waals surface area contributed by atoms with Crippen LogP contribution in [0.5, 0.6) is 17.2 Å². The molecule has 0 bridgehead atoms. The highest BCUT2D eigenvalue weighted by Gasteiger charge is 2.21. The lowest BCUT2D eigenvalue weighted by molar-refractivity contribution is -0.385. The minimum Gasteiger partial charge on any atom is -0.493 e. The molecular formula is C13H10ClNO4. The van der Waals surface area contributed by atoms with E-state index in [4.69, 9.17) is 21.1 Å². The van der Waals surface area contributed by atoms with Gasteiger partial charge >= 0.3 is 5.69 Å². The maximum Gasteiger partial charge on any atom is 0.329 e. The first kappa shape index (κ1) is 13.2. The molecular weight excluding hydrogens is 270 g/mol. The van der Waals surface area contributed by atoms with Gasteiger partial charge in [0.25, 0.3) is 0 Å². The standard InChI is InChI=1S/C13H10ClNO4/c1-18-10-6-2-3-7-11(10)19-12-8-4-5-9(14)13(12)15(16)17/h2-8H,1H3. The number of methoxy groups -OCH3 is 1. The lowest BCUT2D eigenvalue weighted by Gasteiger charge is -2.10. The molecule has 2 aromatic carbocycles. The third-order valence-electron chi connectivity index (χ3n) is 2.42. The zero-order valence-electron chi connectivity index (χ0n) is 10.00. The molecule has 0 radical (unpaired) electrons. The average Bonchev–Trinajstić information content (AvgIpc) is 2.39. The molecule has 0 saturated carbocycles. The number of para-hydroxylation sites is 3. The van der Waals surface area contributed by atoms with Crippen molar-refractivity contribution >= 4 is 17.3 Å². The molecule has 2 aromatic rings. The molecule has 0 fully saturated rings. The first-order chi connectivity index (χ1) is 9.13. The van der Waals surface area contributed by atoms with E-state index < -0.39 is 4.92 Å². The monoisotopic (exact) mass is 279 g/mol. The molecule has 0 spiro atoms. The Morgan fingerprint density at radius 2 is 1.68 bits per heavy atom. The Kier molecular flexibility index (Phi) is 3.87. The fourth-order valence-electron chi connectivity index (χ4n) is 1.58. The van der Waals surface area contributed by atoms with Crippen LogP contribution in [0, 0.1) is 10.1 Å². The molecule has 0 saturated heterocycles. The number of hydrogen-bond acceptors (Lipinski definition) is 4. The van der Waals surface area contributed by atoms with E-state index in [9.17, 15) is 10.1 Å². The van der Waals surface area contributed by atoms with Crippen LogP contribution in [-0.4, -0.2) is 12.0 Å². The van der Waals surface area contributed by atoms with Gasteiger partial charge in [0.15, 0.2) is 11.5 Å². The Morgan fingerprint density at radius 3 is 2.32 bits per heavy atom. The summed E-state index contributed by atoms with van der Waals surface area (Å²) in [7, 11) is 1.49.